The second-order valence-electron chi connectivity index (χ2n) is 5.67. The van der Waals surface area contributed by atoms with E-state index in [1.54, 1.807) is 7.11 Å². The number of methoxy groups -OCH3 is 1. The van der Waals surface area contributed by atoms with E-state index in [9.17, 15) is 0 Å². The van der Waals surface area contributed by atoms with Crippen LogP contribution in [0.4, 0.5) is 0 Å². The topological polar surface area (TPSA) is 35.2 Å². The van der Waals surface area contributed by atoms with Crippen LogP contribution in [0.15, 0.2) is 18.2 Å². The molecule has 0 heterocycles. The summed E-state index contributed by atoms with van der Waals surface area (Å²) in [5.74, 6) is 2.30. The Balaban J connectivity index is 2.12. The third-order valence-electron chi connectivity index (χ3n) is 4.45. The van der Waals surface area contributed by atoms with Crippen LogP contribution < -0.4 is 10.5 Å². The van der Waals surface area contributed by atoms with Crippen LogP contribution in [0.1, 0.15) is 38.2 Å². The van der Waals surface area contributed by atoms with Gasteiger partial charge in [-0.3, -0.25) is 0 Å². The molecule has 0 radical (unpaired) electrons. The first-order chi connectivity index (χ1) is 9.13. The molecule has 1 aromatic rings. The van der Waals surface area contributed by atoms with Gasteiger partial charge >= 0.3 is 0 Å². The molecular weight excluding hydrogens is 258 g/mol. The van der Waals surface area contributed by atoms with Gasteiger partial charge in [0.2, 0.25) is 0 Å². The second kappa shape index (κ2) is 6.62. The van der Waals surface area contributed by atoms with E-state index in [-0.39, 0.29) is 0 Å². The van der Waals surface area contributed by atoms with Gasteiger partial charge in [-0.2, -0.15) is 0 Å². The van der Waals surface area contributed by atoms with Crippen LogP contribution in [0.25, 0.3) is 0 Å². The summed E-state index contributed by atoms with van der Waals surface area (Å²) in [4.78, 5) is 0. The standard InChI is InChI=1S/C16H24ClNO/c1-3-11-4-6-15(18)12(8-11)9-13-10-14(17)5-7-16(13)19-2/h5,7,10-12,15H,3-4,6,8-9,18H2,1-2H3. The summed E-state index contributed by atoms with van der Waals surface area (Å²) in [6.07, 6.45) is 5.89. The number of benzene rings is 1. The van der Waals surface area contributed by atoms with Crippen LogP contribution in [-0.2, 0) is 6.42 Å². The fourth-order valence-electron chi connectivity index (χ4n) is 3.18. The maximum atomic E-state index is 6.30. The van der Waals surface area contributed by atoms with Gasteiger partial charge in [0, 0.05) is 11.1 Å². The van der Waals surface area contributed by atoms with Crippen molar-refractivity contribution in [1.29, 1.82) is 0 Å². The van der Waals surface area contributed by atoms with Crippen LogP contribution in [0, 0.1) is 11.8 Å². The molecule has 3 heteroatoms. The highest BCUT2D eigenvalue weighted by Crippen LogP contribution is 2.34. The van der Waals surface area contributed by atoms with Crippen molar-refractivity contribution in [1.82, 2.24) is 0 Å². The maximum absolute atomic E-state index is 6.30. The predicted molar refractivity (Wildman–Crippen MR) is 80.8 cm³/mol. The molecule has 2 rings (SSSR count). The molecule has 3 atom stereocenters. The maximum Gasteiger partial charge on any atom is 0.122 e. The molecule has 1 aromatic carbocycles. The lowest BCUT2D eigenvalue weighted by Gasteiger charge is -2.34. The van der Waals surface area contributed by atoms with E-state index in [0.717, 1.165) is 29.5 Å². The molecule has 0 amide bonds. The minimum absolute atomic E-state index is 0.312. The van der Waals surface area contributed by atoms with Gasteiger partial charge in [-0.25, -0.2) is 0 Å². The van der Waals surface area contributed by atoms with Gasteiger partial charge in [-0.05, 0) is 61.3 Å². The summed E-state index contributed by atoms with van der Waals surface area (Å²) in [5.41, 5.74) is 7.49. The van der Waals surface area contributed by atoms with Crippen molar-refractivity contribution in [2.75, 3.05) is 7.11 Å². The Bertz CT molecular complexity index is 421. The molecule has 0 aliphatic heterocycles. The van der Waals surface area contributed by atoms with Gasteiger partial charge in [-0.15, -0.1) is 0 Å². The van der Waals surface area contributed by atoms with E-state index in [4.69, 9.17) is 22.1 Å². The molecule has 1 fully saturated rings. The number of hydrogen-bond donors (Lipinski definition) is 1. The molecule has 19 heavy (non-hydrogen) atoms. The summed E-state index contributed by atoms with van der Waals surface area (Å²) in [6.45, 7) is 2.28. The van der Waals surface area contributed by atoms with E-state index in [1.807, 2.05) is 18.2 Å². The first kappa shape index (κ1) is 14.7. The van der Waals surface area contributed by atoms with Gasteiger partial charge in [0.15, 0.2) is 0 Å². The third kappa shape index (κ3) is 3.64. The summed E-state index contributed by atoms with van der Waals surface area (Å²) in [7, 11) is 1.71. The van der Waals surface area contributed by atoms with Crippen molar-refractivity contribution in [2.45, 2.75) is 45.1 Å². The minimum Gasteiger partial charge on any atom is -0.496 e. The summed E-state index contributed by atoms with van der Waals surface area (Å²) >= 11 is 6.10. The lowest BCUT2D eigenvalue weighted by Crippen LogP contribution is -2.37. The lowest BCUT2D eigenvalue weighted by molar-refractivity contribution is 0.226. The monoisotopic (exact) mass is 281 g/mol. The Morgan fingerprint density at radius 3 is 2.84 bits per heavy atom. The van der Waals surface area contributed by atoms with E-state index in [1.165, 1.54) is 24.8 Å². The fraction of sp³-hybridized carbons (Fsp3) is 0.625. The smallest absolute Gasteiger partial charge is 0.122 e. The van der Waals surface area contributed by atoms with Crippen molar-refractivity contribution in [3.63, 3.8) is 0 Å². The normalized spacial score (nSPS) is 27.3. The highest BCUT2D eigenvalue weighted by Gasteiger charge is 2.28. The SMILES string of the molecule is CCC1CCC(N)C(Cc2cc(Cl)ccc2OC)C1. The van der Waals surface area contributed by atoms with E-state index in [2.05, 4.69) is 6.92 Å². The van der Waals surface area contributed by atoms with Crippen molar-refractivity contribution in [3.8, 4) is 5.75 Å². The number of ether oxygens (including phenoxy) is 1. The highest BCUT2D eigenvalue weighted by atomic mass is 35.5. The van der Waals surface area contributed by atoms with Crippen LogP contribution in [0.2, 0.25) is 5.02 Å². The Kier molecular flexibility index (Phi) is 5.12. The molecule has 3 unspecified atom stereocenters. The zero-order valence-corrected chi connectivity index (χ0v) is 12.6. The van der Waals surface area contributed by atoms with E-state index < -0.39 is 0 Å². The molecule has 0 aromatic heterocycles. The second-order valence-corrected chi connectivity index (χ2v) is 6.11. The van der Waals surface area contributed by atoms with Crippen molar-refractivity contribution < 1.29 is 4.74 Å². The van der Waals surface area contributed by atoms with Crippen molar-refractivity contribution in [2.24, 2.45) is 17.6 Å². The summed E-state index contributed by atoms with van der Waals surface area (Å²) in [6, 6.07) is 6.15. The number of rotatable bonds is 4. The molecule has 0 saturated heterocycles. The van der Waals surface area contributed by atoms with Gasteiger partial charge in [-0.1, -0.05) is 24.9 Å². The minimum atomic E-state index is 0.312. The van der Waals surface area contributed by atoms with E-state index >= 15 is 0 Å². The van der Waals surface area contributed by atoms with Crippen LogP contribution >= 0.6 is 11.6 Å². The average Bonchev–Trinajstić information content (AvgIpc) is 2.41. The zero-order chi connectivity index (χ0) is 13.8. The Morgan fingerprint density at radius 1 is 1.37 bits per heavy atom. The zero-order valence-electron chi connectivity index (χ0n) is 11.9. The Labute approximate surface area is 121 Å². The first-order valence-electron chi connectivity index (χ1n) is 7.22. The largest absolute Gasteiger partial charge is 0.496 e. The molecule has 1 aliphatic rings. The lowest BCUT2D eigenvalue weighted by atomic mass is 9.75. The van der Waals surface area contributed by atoms with Crippen molar-refractivity contribution >= 4 is 11.6 Å². The van der Waals surface area contributed by atoms with Crippen LogP contribution in [-0.4, -0.2) is 13.2 Å². The molecule has 1 saturated carbocycles. The fourth-order valence-corrected chi connectivity index (χ4v) is 3.37. The molecule has 0 spiro atoms. The highest BCUT2D eigenvalue weighted by molar-refractivity contribution is 6.30. The number of hydrogen-bond acceptors (Lipinski definition) is 2. The van der Waals surface area contributed by atoms with Crippen LogP contribution in [0.5, 0.6) is 5.75 Å². The molecule has 0 bridgehead atoms. The van der Waals surface area contributed by atoms with Gasteiger partial charge in [0.25, 0.3) is 0 Å². The van der Waals surface area contributed by atoms with E-state index in [0.29, 0.717) is 12.0 Å². The number of nitrogens with two attached hydrogens (primary N) is 1. The average molecular weight is 282 g/mol. The Hall–Kier alpha value is -0.730. The molecule has 2 N–H and O–H groups in total. The van der Waals surface area contributed by atoms with Gasteiger partial charge in [0.1, 0.15) is 5.75 Å². The molecule has 1 aliphatic carbocycles. The van der Waals surface area contributed by atoms with Gasteiger partial charge < -0.3 is 10.5 Å². The number of halogens is 1. The van der Waals surface area contributed by atoms with Crippen LogP contribution in [0.3, 0.4) is 0 Å². The summed E-state index contributed by atoms with van der Waals surface area (Å²) < 4.78 is 5.43. The molecule has 106 valence electrons. The molecule has 2 nitrogen and oxygen atoms in total. The molecular formula is C16H24ClNO. The van der Waals surface area contributed by atoms with Gasteiger partial charge in [0.05, 0.1) is 7.11 Å². The predicted octanol–water partition coefficient (Wildman–Crippen LogP) is 4.04. The first-order valence-corrected chi connectivity index (χ1v) is 7.59. The Morgan fingerprint density at radius 2 is 2.16 bits per heavy atom. The quantitative estimate of drug-likeness (QED) is 0.904. The van der Waals surface area contributed by atoms with Crippen molar-refractivity contribution in [3.05, 3.63) is 28.8 Å². The third-order valence-corrected chi connectivity index (χ3v) is 4.69. The summed E-state index contributed by atoms with van der Waals surface area (Å²) in [5, 5.41) is 0.771.